The summed E-state index contributed by atoms with van der Waals surface area (Å²) < 4.78 is 83.9. The SMILES string of the molecule is Cn1cc(-c2cccc(CS(=O)(=O)c3ccc(OC(F)(F)F)c(Cl)c3)c2F)c2c(N)ncnc21. The molecule has 0 radical (unpaired) electrons. The number of ether oxygens (including phenoxy) is 1. The van der Waals surface area contributed by atoms with Gasteiger partial charge >= 0.3 is 6.36 Å². The average Bonchev–Trinajstić information content (AvgIpc) is 3.08. The molecule has 0 atom stereocenters. The van der Waals surface area contributed by atoms with Gasteiger partial charge in [0.15, 0.2) is 9.84 Å². The first kappa shape index (κ1) is 23.8. The highest BCUT2D eigenvalue weighted by molar-refractivity contribution is 7.90. The molecule has 0 amide bonds. The van der Waals surface area contributed by atoms with E-state index in [9.17, 15) is 21.6 Å². The molecule has 2 aromatic heterocycles. The van der Waals surface area contributed by atoms with E-state index in [-0.39, 0.29) is 21.8 Å². The molecule has 34 heavy (non-hydrogen) atoms. The summed E-state index contributed by atoms with van der Waals surface area (Å²) in [7, 11) is -2.48. The lowest BCUT2D eigenvalue weighted by atomic mass is 10.0. The van der Waals surface area contributed by atoms with E-state index in [1.807, 2.05) is 0 Å². The molecular weight excluding hydrogens is 500 g/mol. The minimum absolute atomic E-state index is 0.0896. The lowest BCUT2D eigenvalue weighted by Crippen LogP contribution is -2.17. The Morgan fingerprint density at radius 2 is 1.88 bits per heavy atom. The molecule has 0 aliphatic heterocycles. The van der Waals surface area contributed by atoms with Crippen molar-refractivity contribution in [2.45, 2.75) is 17.0 Å². The second-order valence-electron chi connectivity index (χ2n) is 7.29. The Hall–Kier alpha value is -3.38. The molecule has 2 N–H and O–H groups in total. The number of sulfone groups is 1. The Bertz CT molecular complexity index is 1520. The maximum atomic E-state index is 15.5. The van der Waals surface area contributed by atoms with Crippen LogP contribution in [0.15, 0.2) is 53.8 Å². The third-order valence-electron chi connectivity index (χ3n) is 4.99. The van der Waals surface area contributed by atoms with Crippen LogP contribution in [0.5, 0.6) is 5.75 Å². The van der Waals surface area contributed by atoms with E-state index in [0.29, 0.717) is 16.6 Å². The number of alkyl halides is 3. The third kappa shape index (κ3) is 4.50. The smallest absolute Gasteiger partial charge is 0.404 e. The molecule has 13 heteroatoms. The molecule has 0 spiro atoms. The maximum absolute atomic E-state index is 15.5. The molecule has 4 aromatic rings. The number of fused-ring (bicyclic) bond motifs is 1. The molecule has 0 saturated carbocycles. The van der Waals surface area contributed by atoms with E-state index < -0.39 is 38.5 Å². The van der Waals surface area contributed by atoms with Crippen LogP contribution in [0, 0.1) is 5.82 Å². The van der Waals surface area contributed by atoms with Gasteiger partial charge in [0.05, 0.1) is 21.1 Å². The molecule has 0 fully saturated rings. The normalized spacial score (nSPS) is 12.3. The number of benzene rings is 2. The van der Waals surface area contributed by atoms with Crippen molar-refractivity contribution in [1.29, 1.82) is 0 Å². The van der Waals surface area contributed by atoms with Crippen LogP contribution >= 0.6 is 11.6 Å². The van der Waals surface area contributed by atoms with Crippen molar-refractivity contribution in [3.8, 4) is 16.9 Å². The molecule has 0 unspecified atom stereocenters. The predicted molar refractivity (Wildman–Crippen MR) is 117 cm³/mol. The van der Waals surface area contributed by atoms with Crippen LogP contribution in [0.4, 0.5) is 23.4 Å². The van der Waals surface area contributed by atoms with E-state index in [4.69, 9.17) is 17.3 Å². The molecule has 2 heterocycles. The zero-order valence-corrected chi connectivity index (χ0v) is 18.8. The molecule has 4 rings (SSSR count). The van der Waals surface area contributed by atoms with E-state index in [1.165, 1.54) is 24.5 Å². The van der Waals surface area contributed by atoms with Gasteiger partial charge in [-0.2, -0.15) is 0 Å². The molecule has 7 nitrogen and oxygen atoms in total. The van der Waals surface area contributed by atoms with Gasteiger partial charge in [0.2, 0.25) is 0 Å². The van der Waals surface area contributed by atoms with Gasteiger partial charge in [0.1, 0.15) is 29.4 Å². The van der Waals surface area contributed by atoms with Crippen LogP contribution in [0.1, 0.15) is 5.56 Å². The number of nitrogens with two attached hydrogens (primary N) is 1. The van der Waals surface area contributed by atoms with E-state index in [2.05, 4.69) is 14.7 Å². The Morgan fingerprint density at radius 1 is 1.15 bits per heavy atom. The van der Waals surface area contributed by atoms with Gasteiger partial charge in [-0.15, -0.1) is 13.2 Å². The fourth-order valence-corrected chi connectivity index (χ4v) is 5.16. The van der Waals surface area contributed by atoms with E-state index in [0.717, 1.165) is 18.2 Å². The Balaban J connectivity index is 1.72. The van der Waals surface area contributed by atoms with Gasteiger partial charge in [-0.1, -0.05) is 29.8 Å². The van der Waals surface area contributed by atoms with E-state index in [1.54, 1.807) is 17.8 Å². The topological polar surface area (TPSA) is 100 Å². The van der Waals surface area contributed by atoms with E-state index >= 15 is 4.39 Å². The summed E-state index contributed by atoms with van der Waals surface area (Å²) in [4.78, 5) is 7.68. The summed E-state index contributed by atoms with van der Waals surface area (Å²) in [6, 6.07) is 6.76. The fraction of sp³-hybridized carbons (Fsp3) is 0.143. The number of halogens is 5. The lowest BCUT2D eigenvalue weighted by Gasteiger charge is -2.12. The molecule has 0 saturated heterocycles. The highest BCUT2D eigenvalue weighted by Crippen LogP contribution is 2.36. The standard InChI is InChI=1S/C21H15ClF4N4O3S/c1-30-8-14(17-19(27)28-10-29-20(17)30)13-4-2-3-11(18(13)23)9-34(31,32)12-5-6-16(15(22)7-12)33-21(24,25)26/h2-8,10H,9H2,1H3,(H2,27,28,29). The average molecular weight is 515 g/mol. The molecule has 0 bridgehead atoms. The fourth-order valence-electron chi connectivity index (χ4n) is 3.51. The van der Waals surface area contributed by atoms with Crippen LogP contribution in [0.3, 0.4) is 0 Å². The van der Waals surface area contributed by atoms with Gasteiger partial charge in [-0.05, 0) is 18.2 Å². The van der Waals surface area contributed by atoms with Crippen LogP contribution in [-0.2, 0) is 22.6 Å². The van der Waals surface area contributed by atoms with Crippen molar-refractivity contribution >= 4 is 38.3 Å². The number of rotatable bonds is 5. The third-order valence-corrected chi connectivity index (χ3v) is 6.94. The second-order valence-corrected chi connectivity index (χ2v) is 9.69. The van der Waals surface area contributed by atoms with Crippen molar-refractivity contribution in [3.63, 3.8) is 0 Å². The molecule has 0 aliphatic rings. The quantitative estimate of drug-likeness (QED) is 0.381. The largest absolute Gasteiger partial charge is 0.573 e. The lowest BCUT2D eigenvalue weighted by molar-refractivity contribution is -0.274. The van der Waals surface area contributed by atoms with Gasteiger partial charge in [-0.25, -0.2) is 22.8 Å². The number of aryl methyl sites for hydroxylation is 1. The number of hydrogen-bond donors (Lipinski definition) is 1. The number of nitrogen functional groups attached to an aromatic ring is 1. The van der Waals surface area contributed by atoms with Gasteiger partial charge < -0.3 is 15.0 Å². The predicted octanol–water partition coefficient (Wildman–Crippen LogP) is 4.88. The first-order valence-corrected chi connectivity index (χ1v) is 11.5. The second kappa shape index (κ2) is 8.44. The Kier molecular flexibility index (Phi) is 5.90. The summed E-state index contributed by atoms with van der Waals surface area (Å²) >= 11 is 5.76. The summed E-state index contributed by atoms with van der Waals surface area (Å²) in [5.74, 6) is -2.19. The molecular formula is C21H15ClF4N4O3S. The first-order chi connectivity index (χ1) is 15.9. The maximum Gasteiger partial charge on any atom is 0.573 e. The van der Waals surface area contributed by atoms with Crippen LogP contribution in [0.2, 0.25) is 5.02 Å². The van der Waals surface area contributed by atoms with Crippen molar-refractivity contribution in [1.82, 2.24) is 14.5 Å². The highest BCUT2D eigenvalue weighted by Gasteiger charge is 2.32. The zero-order valence-electron chi connectivity index (χ0n) is 17.3. The van der Waals surface area contributed by atoms with Crippen LogP contribution in [0.25, 0.3) is 22.2 Å². The van der Waals surface area contributed by atoms with Crippen LogP contribution < -0.4 is 10.5 Å². The number of anilines is 1. The zero-order chi connectivity index (χ0) is 24.8. The number of aromatic nitrogens is 3. The van der Waals surface area contributed by atoms with Gasteiger partial charge in [0.25, 0.3) is 0 Å². The van der Waals surface area contributed by atoms with Crippen molar-refractivity contribution in [2.24, 2.45) is 7.05 Å². The number of hydrogen-bond acceptors (Lipinski definition) is 6. The molecule has 0 aliphatic carbocycles. The highest BCUT2D eigenvalue weighted by atomic mass is 35.5. The van der Waals surface area contributed by atoms with Crippen molar-refractivity contribution in [2.75, 3.05) is 5.73 Å². The Labute approximate surface area is 195 Å². The van der Waals surface area contributed by atoms with Gasteiger partial charge in [-0.3, -0.25) is 0 Å². The summed E-state index contributed by atoms with van der Waals surface area (Å²) in [6.45, 7) is 0. The van der Waals surface area contributed by atoms with Gasteiger partial charge in [0, 0.05) is 29.9 Å². The monoisotopic (exact) mass is 514 g/mol. The van der Waals surface area contributed by atoms with Crippen molar-refractivity contribution in [3.05, 3.63) is 65.3 Å². The molecule has 178 valence electrons. The summed E-state index contributed by atoms with van der Waals surface area (Å²) in [6.07, 6.45) is -2.12. The first-order valence-electron chi connectivity index (χ1n) is 9.48. The molecule has 2 aromatic carbocycles. The minimum Gasteiger partial charge on any atom is -0.404 e. The van der Waals surface area contributed by atoms with Crippen LogP contribution in [-0.4, -0.2) is 29.3 Å². The number of nitrogens with zero attached hydrogens (tertiary/aromatic N) is 3. The van der Waals surface area contributed by atoms with Crippen molar-refractivity contribution < 1.29 is 30.7 Å². The summed E-state index contributed by atoms with van der Waals surface area (Å²) in [5, 5.41) is -0.144. The minimum atomic E-state index is -5.00. The Morgan fingerprint density at radius 3 is 2.56 bits per heavy atom. The summed E-state index contributed by atoms with van der Waals surface area (Å²) in [5.41, 5.74) is 6.74.